The highest BCUT2D eigenvalue weighted by atomic mass is 16.2. The molecule has 82 valence electrons. The smallest absolute Gasteiger partial charge is 0.236 e. The van der Waals surface area contributed by atoms with E-state index in [1.807, 2.05) is 19.1 Å². The molecular weight excluding hydrogens is 190 g/mol. The molecule has 0 fully saturated rings. The Morgan fingerprint density at radius 1 is 1.47 bits per heavy atom. The number of carbonyl (C=O) groups is 1. The molecule has 0 bridgehead atoms. The SMILES string of the molecule is CNC(C)C(=O)NCCc1ccncc1. The minimum absolute atomic E-state index is 0.0338. The molecule has 1 amide bonds. The fourth-order valence-corrected chi connectivity index (χ4v) is 1.16. The van der Waals surface area contributed by atoms with Crippen LogP contribution in [0.15, 0.2) is 24.5 Å². The zero-order chi connectivity index (χ0) is 11.1. The zero-order valence-electron chi connectivity index (χ0n) is 9.16. The molecular formula is C11H17N3O. The van der Waals surface area contributed by atoms with Gasteiger partial charge in [-0.05, 0) is 38.1 Å². The summed E-state index contributed by atoms with van der Waals surface area (Å²) in [5.41, 5.74) is 1.18. The largest absolute Gasteiger partial charge is 0.354 e. The van der Waals surface area contributed by atoms with Crippen molar-refractivity contribution in [3.05, 3.63) is 30.1 Å². The Balaban J connectivity index is 2.25. The molecule has 0 radical (unpaired) electrons. The summed E-state index contributed by atoms with van der Waals surface area (Å²) in [4.78, 5) is 15.3. The average molecular weight is 207 g/mol. The van der Waals surface area contributed by atoms with E-state index in [2.05, 4.69) is 15.6 Å². The van der Waals surface area contributed by atoms with E-state index >= 15 is 0 Å². The van der Waals surface area contributed by atoms with Crippen LogP contribution in [0.25, 0.3) is 0 Å². The van der Waals surface area contributed by atoms with Gasteiger partial charge in [0.15, 0.2) is 0 Å². The van der Waals surface area contributed by atoms with Crippen molar-refractivity contribution in [3.63, 3.8) is 0 Å². The number of pyridine rings is 1. The molecule has 1 unspecified atom stereocenters. The summed E-state index contributed by atoms with van der Waals surface area (Å²) in [5, 5.41) is 5.75. The van der Waals surface area contributed by atoms with E-state index in [4.69, 9.17) is 0 Å². The van der Waals surface area contributed by atoms with Crippen molar-refractivity contribution in [2.45, 2.75) is 19.4 Å². The molecule has 4 nitrogen and oxygen atoms in total. The Hall–Kier alpha value is -1.42. The van der Waals surface area contributed by atoms with Crippen LogP contribution < -0.4 is 10.6 Å². The molecule has 1 atom stereocenters. The number of nitrogens with zero attached hydrogens (tertiary/aromatic N) is 1. The van der Waals surface area contributed by atoms with Crippen molar-refractivity contribution in [3.8, 4) is 0 Å². The molecule has 2 N–H and O–H groups in total. The summed E-state index contributed by atoms with van der Waals surface area (Å²) in [5.74, 6) is 0.0338. The van der Waals surface area contributed by atoms with Gasteiger partial charge in [-0.15, -0.1) is 0 Å². The van der Waals surface area contributed by atoms with Crippen molar-refractivity contribution in [1.82, 2.24) is 15.6 Å². The number of amides is 1. The molecule has 0 aliphatic heterocycles. The molecule has 0 saturated carbocycles. The third-order valence-corrected chi connectivity index (χ3v) is 2.29. The van der Waals surface area contributed by atoms with Crippen molar-refractivity contribution in [2.24, 2.45) is 0 Å². The van der Waals surface area contributed by atoms with Crippen molar-refractivity contribution >= 4 is 5.91 Å². The molecule has 1 rings (SSSR count). The first-order chi connectivity index (χ1) is 7.24. The van der Waals surface area contributed by atoms with Gasteiger partial charge in [-0.25, -0.2) is 0 Å². The van der Waals surface area contributed by atoms with Crippen LogP contribution in [0.1, 0.15) is 12.5 Å². The summed E-state index contributed by atoms with van der Waals surface area (Å²) < 4.78 is 0. The van der Waals surface area contributed by atoms with Gasteiger partial charge in [0.2, 0.25) is 5.91 Å². The predicted octanol–water partition coefficient (Wildman–Crippen LogP) is 0.348. The van der Waals surface area contributed by atoms with Crippen LogP contribution in [0, 0.1) is 0 Å². The van der Waals surface area contributed by atoms with E-state index in [0.717, 1.165) is 6.42 Å². The topological polar surface area (TPSA) is 54.0 Å². The maximum atomic E-state index is 11.4. The highest BCUT2D eigenvalue weighted by molar-refractivity contribution is 5.81. The van der Waals surface area contributed by atoms with E-state index < -0.39 is 0 Å². The lowest BCUT2D eigenvalue weighted by molar-refractivity contribution is -0.122. The summed E-state index contributed by atoms with van der Waals surface area (Å²) in [6.07, 6.45) is 4.35. The molecule has 0 aliphatic carbocycles. The second kappa shape index (κ2) is 6.14. The molecule has 15 heavy (non-hydrogen) atoms. The van der Waals surface area contributed by atoms with Crippen LogP contribution in [0.5, 0.6) is 0 Å². The van der Waals surface area contributed by atoms with E-state index in [-0.39, 0.29) is 11.9 Å². The van der Waals surface area contributed by atoms with Crippen LogP contribution in [0.4, 0.5) is 0 Å². The molecule has 1 aromatic rings. The minimum atomic E-state index is -0.137. The van der Waals surface area contributed by atoms with Crippen molar-refractivity contribution < 1.29 is 4.79 Å². The first-order valence-electron chi connectivity index (χ1n) is 5.08. The summed E-state index contributed by atoms with van der Waals surface area (Å²) in [6, 6.07) is 3.77. The standard InChI is InChI=1S/C11H17N3O/c1-9(12-2)11(15)14-8-5-10-3-6-13-7-4-10/h3-4,6-7,9,12H,5,8H2,1-2H3,(H,14,15). The first-order valence-corrected chi connectivity index (χ1v) is 5.08. The lowest BCUT2D eigenvalue weighted by atomic mass is 10.2. The average Bonchev–Trinajstić information content (AvgIpc) is 2.29. The maximum absolute atomic E-state index is 11.4. The van der Waals surface area contributed by atoms with E-state index in [0.29, 0.717) is 6.54 Å². The van der Waals surface area contributed by atoms with Gasteiger partial charge < -0.3 is 10.6 Å². The Morgan fingerprint density at radius 2 is 2.13 bits per heavy atom. The fraction of sp³-hybridized carbons (Fsp3) is 0.455. The van der Waals surface area contributed by atoms with Gasteiger partial charge in [0.25, 0.3) is 0 Å². The molecule has 1 heterocycles. The minimum Gasteiger partial charge on any atom is -0.354 e. The molecule has 0 spiro atoms. The third-order valence-electron chi connectivity index (χ3n) is 2.29. The number of hydrogen-bond acceptors (Lipinski definition) is 3. The summed E-state index contributed by atoms with van der Waals surface area (Å²) in [7, 11) is 1.77. The number of hydrogen-bond donors (Lipinski definition) is 2. The predicted molar refractivity (Wildman–Crippen MR) is 59.5 cm³/mol. The number of carbonyl (C=O) groups excluding carboxylic acids is 1. The lowest BCUT2D eigenvalue weighted by Gasteiger charge is -2.10. The summed E-state index contributed by atoms with van der Waals surface area (Å²) in [6.45, 7) is 2.50. The van der Waals surface area contributed by atoms with Crippen molar-refractivity contribution in [2.75, 3.05) is 13.6 Å². The van der Waals surface area contributed by atoms with Crippen LogP contribution in [0.3, 0.4) is 0 Å². The second-order valence-electron chi connectivity index (χ2n) is 3.41. The fourth-order valence-electron chi connectivity index (χ4n) is 1.16. The van der Waals surface area contributed by atoms with E-state index in [1.165, 1.54) is 5.56 Å². The van der Waals surface area contributed by atoms with Crippen LogP contribution >= 0.6 is 0 Å². The molecule has 1 aromatic heterocycles. The summed E-state index contributed by atoms with van der Waals surface area (Å²) >= 11 is 0. The second-order valence-corrected chi connectivity index (χ2v) is 3.41. The quantitative estimate of drug-likeness (QED) is 0.732. The normalized spacial score (nSPS) is 12.1. The number of aromatic nitrogens is 1. The van der Waals surface area contributed by atoms with Gasteiger partial charge in [-0.2, -0.15) is 0 Å². The Morgan fingerprint density at radius 3 is 2.73 bits per heavy atom. The Labute approximate surface area is 90.1 Å². The van der Waals surface area contributed by atoms with Gasteiger partial charge in [-0.1, -0.05) is 0 Å². The zero-order valence-corrected chi connectivity index (χ0v) is 9.16. The number of likely N-dealkylation sites (N-methyl/N-ethyl adjacent to an activating group) is 1. The Kier molecular flexibility index (Phi) is 4.77. The van der Waals surface area contributed by atoms with Gasteiger partial charge in [-0.3, -0.25) is 9.78 Å². The molecule has 0 aromatic carbocycles. The molecule has 0 saturated heterocycles. The van der Waals surface area contributed by atoms with Crippen LogP contribution in [-0.2, 0) is 11.2 Å². The van der Waals surface area contributed by atoms with Gasteiger partial charge >= 0.3 is 0 Å². The Bertz CT molecular complexity index is 300. The first kappa shape index (κ1) is 11.7. The van der Waals surface area contributed by atoms with Gasteiger partial charge in [0, 0.05) is 18.9 Å². The van der Waals surface area contributed by atoms with Gasteiger partial charge in [0.1, 0.15) is 0 Å². The monoisotopic (exact) mass is 207 g/mol. The van der Waals surface area contributed by atoms with Crippen LogP contribution in [0.2, 0.25) is 0 Å². The van der Waals surface area contributed by atoms with E-state index in [1.54, 1.807) is 19.4 Å². The number of nitrogens with one attached hydrogen (secondary N) is 2. The van der Waals surface area contributed by atoms with Crippen molar-refractivity contribution in [1.29, 1.82) is 0 Å². The van der Waals surface area contributed by atoms with Crippen LogP contribution in [-0.4, -0.2) is 30.5 Å². The van der Waals surface area contributed by atoms with E-state index in [9.17, 15) is 4.79 Å². The highest BCUT2D eigenvalue weighted by Crippen LogP contribution is 1.95. The third kappa shape index (κ3) is 4.08. The maximum Gasteiger partial charge on any atom is 0.236 e. The highest BCUT2D eigenvalue weighted by Gasteiger charge is 2.08. The number of rotatable bonds is 5. The molecule has 4 heteroatoms. The molecule has 0 aliphatic rings. The van der Waals surface area contributed by atoms with Gasteiger partial charge in [0.05, 0.1) is 6.04 Å². The lowest BCUT2D eigenvalue weighted by Crippen LogP contribution is -2.41.